The minimum Gasteiger partial charge on any atom is -0.493 e. The lowest BCUT2D eigenvalue weighted by molar-refractivity contribution is -0.133. The fourth-order valence-corrected chi connectivity index (χ4v) is 5.99. The van der Waals surface area contributed by atoms with Crippen LogP contribution >= 0.6 is 0 Å². The van der Waals surface area contributed by atoms with Crippen molar-refractivity contribution in [2.45, 2.75) is 0 Å². The Hall–Kier alpha value is -5.12. The zero-order valence-electron chi connectivity index (χ0n) is 23.1. The van der Waals surface area contributed by atoms with Crippen molar-refractivity contribution in [3.63, 3.8) is 0 Å². The summed E-state index contributed by atoms with van der Waals surface area (Å²) in [5.41, 5.74) is 2.80. The summed E-state index contributed by atoms with van der Waals surface area (Å²) >= 11 is 0. The first-order valence-electron chi connectivity index (χ1n) is 13.6. The zero-order chi connectivity index (χ0) is 29.0. The Balaban J connectivity index is 1.17. The van der Waals surface area contributed by atoms with Gasteiger partial charge >= 0.3 is 0 Å². The van der Waals surface area contributed by atoms with Crippen molar-refractivity contribution in [2.24, 2.45) is 0 Å². The van der Waals surface area contributed by atoms with Crippen molar-refractivity contribution < 1.29 is 23.4 Å². The number of ether oxygens (including phenoxy) is 3. The molecule has 0 atom stereocenters. The third kappa shape index (κ3) is 4.01. The molecule has 4 heterocycles. The largest absolute Gasteiger partial charge is 0.493 e. The van der Waals surface area contributed by atoms with Crippen molar-refractivity contribution in [1.82, 2.24) is 14.3 Å². The Morgan fingerprint density at radius 2 is 1.69 bits per heavy atom. The average Bonchev–Trinajstić information content (AvgIpc) is 3.37. The lowest BCUT2D eigenvalue weighted by Crippen LogP contribution is -2.50. The van der Waals surface area contributed by atoms with Crippen LogP contribution in [0.1, 0.15) is 0 Å². The Kier molecular flexibility index (Phi) is 6.18. The molecule has 3 aromatic carbocycles. The van der Waals surface area contributed by atoms with Gasteiger partial charge in [0, 0.05) is 54.2 Å². The van der Waals surface area contributed by atoms with Gasteiger partial charge in [0.2, 0.25) is 0 Å². The second kappa shape index (κ2) is 10.1. The molecule has 3 aromatic heterocycles. The first-order valence-corrected chi connectivity index (χ1v) is 13.6. The number of carbonyl (C=O) groups excluding carboxylic acids is 1. The molecule has 10 heteroatoms. The number of aromatic nitrogens is 2. The molecule has 1 aliphatic rings. The molecular formula is C32H27FN4O5. The van der Waals surface area contributed by atoms with E-state index in [1.807, 2.05) is 24.3 Å². The number of methoxy groups -OCH3 is 2. The fourth-order valence-electron chi connectivity index (χ4n) is 5.99. The molecule has 0 spiro atoms. The van der Waals surface area contributed by atoms with E-state index < -0.39 is 0 Å². The molecule has 0 unspecified atom stereocenters. The van der Waals surface area contributed by atoms with Crippen molar-refractivity contribution in [3.8, 4) is 17.2 Å². The number of hydrogen-bond donors (Lipinski definition) is 0. The number of carbonyl (C=O) groups is 1. The molecule has 0 bridgehead atoms. The predicted octanol–water partition coefficient (Wildman–Crippen LogP) is 4.48. The van der Waals surface area contributed by atoms with Gasteiger partial charge in [-0.05, 0) is 60.7 Å². The lowest BCUT2D eigenvalue weighted by atomic mass is 10.1. The number of benzene rings is 3. The second-order valence-electron chi connectivity index (χ2n) is 10.2. The van der Waals surface area contributed by atoms with Crippen LogP contribution in [-0.2, 0) is 4.79 Å². The summed E-state index contributed by atoms with van der Waals surface area (Å²) in [6.45, 7) is 2.32. The molecule has 0 N–H and O–H groups in total. The Labute approximate surface area is 239 Å². The minimum absolute atomic E-state index is 0.102. The molecule has 1 saturated heterocycles. The maximum Gasteiger partial charge on any atom is 0.267 e. The van der Waals surface area contributed by atoms with Crippen LogP contribution < -0.4 is 24.7 Å². The van der Waals surface area contributed by atoms with Crippen LogP contribution in [-0.4, -0.2) is 67.2 Å². The standard InChI is InChI=1S/C32H27FN4O5/c1-40-26-10-8-23-28(31(26)41-2)32(39)37-25-9-7-21(17-24(25)22-11-12-34-29(23)30(22)37)42-18-27(38)36-15-13-35(14-16-36)20-5-3-19(33)4-6-20/h3-12,17H,13-16,18H2,1-2H3. The summed E-state index contributed by atoms with van der Waals surface area (Å²) in [5.74, 6) is 0.987. The average molecular weight is 567 g/mol. The van der Waals surface area contributed by atoms with Gasteiger partial charge < -0.3 is 24.0 Å². The maximum absolute atomic E-state index is 13.9. The van der Waals surface area contributed by atoms with Gasteiger partial charge in [-0.25, -0.2) is 4.39 Å². The quantitative estimate of drug-likeness (QED) is 0.275. The number of fused-ring (bicyclic) bond motifs is 5. The van der Waals surface area contributed by atoms with E-state index >= 15 is 0 Å². The third-order valence-electron chi connectivity index (χ3n) is 8.05. The molecule has 0 saturated carbocycles. The highest BCUT2D eigenvalue weighted by Crippen LogP contribution is 2.39. The van der Waals surface area contributed by atoms with Gasteiger partial charge in [-0.3, -0.25) is 19.0 Å². The minimum atomic E-state index is -0.269. The molecule has 0 aliphatic carbocycles. The molecule has 1 fully saturated rings. The summed E-state index contributed by atoms with van der Waals surface area (Å²) in [6, 6.07) is 17.3. The number of rotatable bonds is 6. The normalized spacial score (nSPS) is 13.9. The van der Waals surface area contributed by atoms with Gasteiger partial charge in [-0.2, -0.15) is 0 Å². The number of piperazine rings is 1. The van der Waals surface area contributed by atoms with Crippen LogP contribution in [0.15, 0.2) is 71.7 Å². The first kappa shape index (κ1) is 25.8. The first-order chi connectivity index (χ1) is 20.5. The van der Waals surface area contributed by atoms with E-state index in [4.69, 9.17) is 14.2 Å². The van der Waals surface area contributed by atoms with Crippen LogP contribution in [0.2, 0.25) is 0 Å². The van der Waals surface area contributed by atoms with Gasteiger partial charge in [-0.15, -0.1) is 0 Å². The monoisotopic (exact) mass is 566 g/mol. The number of anilines is 1. The molecule has 42 heavy (non-hydrogen) atoms. The van der Waals surface area contributed by atoms with E-state index in [2.05, 4.69) is 9.88 Å². The van der Waals surface area contributed by atoms with Gasteiger partial charge in [0.1, 0.15) is 11.6 Å². The molecular weight excluding hydrogens is 539 g/mol. The summed E-state index contributed by atoms with van der Waals surface area (Å²) in [4.78, 5) is 35.4. The number of nitrogens with zero attached hydrogens (tertiary/aromatic N) is 4. The Morgan fingerprint density at radius 3 is 2.43 bits per heavy atom. The molecule has 0 radical (unpaired) electrons. The molecule has 7 rings (SSSR count). The van der Waals surface area contributed by atoms with Gasteiger partial charge in [0.05, 0.1) is 36.2 Å². The highest BCUT2D eigenvalue weighted by molar-refractivity contribution is 6.19. The van der Waals surface area contributed by atoms with Crippen LogP contribution in [0.5, 0.6) is 17.2 Å². The van der Waals surface area contributed by atoms with E-state index in [1.54, 1.807) is 39.8 Å². The van der Waals surface area contributed by atoms with Crippen molar-refractivity contribution >= 4 is 49.7 Å². The van der Waals surface area contributed by atoms with E-state index in [9.17, 15) is 14.0 Å². The van der Waals surface area contributed by atoms with Gasteiger partial charge in [-0.1, -0.05) is 0 Å². The zero-order valence-corrected chi connectivity index (χ0v) is 23.1. The van der Waals surface area contributed by atoms with Crippen LogP contribution in [0.25, 0.3) is 38.1 Å². The SMILES string of the molecule is COc1ccc2c(c1OC)c(=O)n1c3ccc(OCC(=O)N4CCN(c5ccc(F)cc5)CC4)cc3c3ccnc2c31. The number of amides is 1. The van der Waals surface area contributed by atoms with E-state index in [0.29, 0.717) is 70.8 Å². The summed E-state index contributed by atoms with van der Waals surface area (Å²) in [7, 11) is 3.05. The van der Waals surface area contributed by atoms with Crippen LogP contribution in [0.4, 0.5) is 10.1 Å². The van der Waals surface area contributed by atoms with E-state index in [0.717, 1.165) is 16.5 Å². The third-order valence-corrected chi connectivity index (χ3v) is 8.05. The molecule has 212 valence electrons. The number of pyridine rings is 2. The highest BCUT2D eigenvalue weighted by atomic mass is 19.1. The molecule has 1 amide bonds. The summed E-state index contributed by atoms with van der Waals surface area (Å²) < 4.78 is 31.9. The molecule has 9 nitrogen and oxygen atoms in total. The second-order valence-corrected chi connectivity index (χ2v) is 10.2. The van der Waals surface area contributed by atoms with Crippen LogP contribution in [0, 0.1) is 5.82 Å². The summed E-state index contributed by atoms with van der Waals surface area (Å²) in [6.07, 6.45) is 1.72. The Bertz CT molecular complexity index is 2030. The lowest BCUT2D eigenvalue weighted by Gasteiger charge is -2.36. The van der Waals surface area contributed by atoms with Gasteiger partial charge in [0.25, 0.3) is 11.5 Å². The van der Waals surface area contributed by atoms with Crippen molar-refractivity contribution in [2.75, 3.05) is 51.9 Å². The highest BCUT2D eigenvalue weighted by Gasteiger charge is 2.24. The van der Waals surface area contributed by atoms with E-state index in [1.165, 1.54) is 26.4 Å². The van der Waals surface area contributed by atoms with Crippen LogP contribution in [0.3, 0.4) is 0 Å². The fraction of sp³-hybridized carbons (Fsp3) is 0.219. The number of hydrogen-bond acceptors (Lipinski definition) is 7. The summed E-state index contributed by atoms with van der Waals surface area (Å²) in [5, 5.41) is 2.75. The molecule has 6 aromatic rings. The van der Waals surface area contributed by atoms with Crippen molar-refractivity contribution in [1.29, 1.82) is 0 Å². The van der Waals surface area contributed by atoms with Crippen molar-refractivity contribution in [3.05, 3.63) is 83.0 Å². The molecule has 1 aliphatic heterocycles. The smallest absolute Gasteiger partial charge is 0.267 e. The maximum atomic E-state index is 13.9. The van der Waals surface area contributed by atoms with Gasteiger partial charge in [0.15, 0.2) is 18.1 Å². The Morgan fingerprint density at radius 1 is 0.905 bits per heavy atom. The predicted molar refractivity (Wildman–Crippen MR) is 159 cm³/mol. The number of halogens is 1. The van der Waals surface area contributed by atoms with E-state index in [-0.39, 0.29) is 23.9 Å². The topological polar surface area (TPSA) is 85.6 Å².